The maximum atomic E-state index is 11.8. The van der Waals surface area contributed by atoms with E-state index in [9.17, 15) is 29.4 Å². The number of rotatable bonds is 4. The van der Waals surface area contributed by atoms with Crippen LogP contribution in [0, 0.1) is 11.8 Å². The quantitative estimate of drug-likeness (QED) is 0.470. The van der Waals surface area contributed by atoms with Crippen LogP contribution in [0.15, 0.2) is 0 Å². The summed E-state index contributed by atoms with van der Waals surface area (Å²) < 4.78 is 21.7. The lowest BCUT2D eigenvalue weighted by Gasteiger charge is -2.56. The van der Waals surface area contributed by atoms with E-state index in [1.165, 1.54) is 27.7 Å². The van der Waals surface area contributed by atoms with Gasteiger partial charge in [0.25, 0.3) is 0 Å². The van der Waals surface area contributed by atoms with Crippen molar-refractivity contribution >= 4 is 23.9 Å². The van der Waals surface area contributed by atoms with Gasteiger partial charge in [-0.1, -0.05) is 0 Å². The van der Waals surface area contributed by atoms with Crippen LogP contribution in [0.2, 0.25) is 0 Å². The molecule has 0 aromatic carbocycles. The molecule has 0 bridgehead atoms. The highest BCUT2D eigenvalue weighted by Crippen LogP contribution is 2.51. The number of carbonyl (C=O) groups excluding carboxylic acids is 4. The van der Waals surface area contributed by atoms with Gasteiger partial charge in [0.1, 0.15) is 12.2 Å². The lowest BCUT2D eigenvalue weighted by Crippen LogP contribution is -2.69. The fraction of sp³-hybridized carbons (Fsp3) is 0.800. The first kappa shape index (κ1) is 24.1. The topological polar surface area (TPSA) is 146 Å². The molecule has 0 radical (unpaired) electrons. The van der Waals surface area contributed by atoms with Gasteiger partial charge >= 0.3 is 23.9 Å². The minimum Gasteiger partial charge on any atom is -0.458 e. The number of hydrogen-bond acceptors (Lipinski definition) is 10. The van der Waals surface area contributed by atoms with Crippen LogP contribution >= 0.6 is 0 Å². The summed E-state index contributed by atoms with van der Waals surface area (Å²) in [5, 5.41) is 21.7. The third-order valence-electron chi connectivity index (χ3n) is 6.00. The van der Waals surface area contributed by atoms with Crippen LogP contribution in [0.1, 0.15) is 54.4 Å². The molecule has 2 fully saturated rings. The number of ether oxygens (including phenoxy) is 4. The Labute approximate surface area is 174 Å². The molecule has 0 saturated heterocycles. The SMILES string of the molecule is CC(=O)OC1C2CC(C)(O)C(C)(O)CC2C(OC(C)=O)C(OC(C)=O)C1OC(C)=O. The first-order valence-electron chi connectivity index (χ1n) is 9.80. The molecule has 30 heavy (non-hydrogen) atoms. The van der Waals surface area contributed by atoms with Gasteiger partial charge in [-0.25, -0.2) is 0 Å². The van der Waals surface area contributed by atoms with E-state index in [1.54, 1.807) is 0 Å². The molecule has 170 valence electrons. The van der Waals surface area contributed by atoms with Crippen LogP contribution in [0.4, 0.5) is 0 Å². The van der Waals surface area contributed by atoms with Crippen LogP contribution < -0.4 is 0 Å². The summed E-state index contributed by atoms with van der Waals surface area (Å²) in [4.78, 5) is 47.2. The molecule has 0 amide bonds. The van der Waals surface area contributed by atoms with E-state index in [2.05, 4.69) is 0 Å². The van der Waals surface area contributed by atoms with Crippen molar-refractivity contribution in [3.8, 4) is 0 Å². The maximum Gasteiger partial charge on any atom is 0.303 e. The first-order chi connectivity index (χ1) is 13.7. The molecule has 0 heterocycles. The number of carbonyl (C=O) groups is 4. The Balaban J connectivity index is 2.62. The fourth-order valence-corrected chi connectivity index (χ4v) is 4.58. The Morgan fingerprint density at radius 2 is 0.833 bits per heavy atom. The predicted octanol–water partition coefficient (Wildman–Crippen LogP) is 0.255. The summed E-state index contributed by atoms with van der Waals surface area (Å²) in [5.74, 6) is -4.07. The lowest BCUT2D eigenvalue weighted by atomic mass is 9.57. The Hall–Kier alpha value is -2.20. The molecule has 2 aliphatic rings. The van der Waals surface area contributed by atoms with E-state index >= 15 is 0 Å². The van der Waals surface area contributed by atoms with Crippen molar-refractivity contribution < 1.29 is 48.3 Å². The van der Waals surface area contributed by atoms with Gasteiger partial charge in [0.05, 0.1) is 11.2 Å². The molecule has 0 spiro atoms. The molecule has 8 unspecified atom stereocenters. The number of esters is 4. The van der Waals surface area contributed by atoms with Crippen LogP contribution in [-0.2, 0) is 38.1 Å². The third-order valence-corrected chi connectivity index (χ3v) is 6.00. The van der Waals surface area contributed by atoms with E-state index in [0.29, 0.717) is 0 Å². The van der Waals surface area contributed by atoms with Gasteiger partial charge < -0.3 is 29.2 Å². The van der Waals surface area contributed by atoms with Crippen LogP contribution in [0.25, 0.3) is 0 Å². The van der Waals surface area contributed by atoms with Crippen LogP contribution in [0.5, 0.6) is 0 Å². The molecule has 8 atom stereocenters. The summed E-state index contributed by atoms with van der Waals surface area (Å²) in [6.45, 7) is 7.54. The van der Waals surface area contributed by atoms with E-state index in [1.807, 2.05) is 0 Å². The smallest absolute Gasteiger partial charge is 0.303 e. The summed E-state index contributed by atoms with van der Waals surface area (Å²) in [7, 11) is 0. The zero-order valence-corrected chi connectivity index (χ0v) is 18.0. The van der Waals surface area contributed by atoms with Gasteiger partial charge in [-0.15, -0.1) is 0 Å². The largest absolute Gasteiger partial charge is 0.458 e. The predicted molar refractivity (Wildman–Crippen MR) is 99.7 cm³/mol. The van der Waals surface area contributed by atoms with E-state index < -0.39 is 71.3 Å². The fourth-order valence-electron chi connectivity index (χ4n) is 4.58. The monoisotopic (exact) mass is 430 g/mol. The normalized spacial score (nSPS) is 40.5. The Kier molecular flexibility index (Phi) is 6.82. The standard InChI is InChI=1S/C20H30O10/c1-9(21)27-15-13-7-19(5,25)20(6,26)8-14(13)16(28-10(2)22)18(30-12(4)24)17(15)29-11(3)23/h13-18,25-26H,7-8H2,1-6H3. The van der Waals surface area contributed by atoms with E-state index in [-0.39, 0.29) is 12.8 Å². The first-order valence-corrected chi connectivity index (χ1v) is 9.80. The molecule has 0 aromatic heterocycles. The summed E-state index contributed by atoms with van der Waals surface area (Å²) in [6.07, 6.45) is -4.78. The van der Waals surface area contributed by atoms with Crippen molar-refractivity contribution in [1.29, 1.82) is 0 Å². The summed E-state index contributed by atoms with van der Waals surface area (Å²) in [5.41, 5.74) is -3.13. The number of fused-ring (bicyclic) bond motifs is 1. The summed E-state index contributed by atoms with van der Waals surface area (Å²) in [6, 6.07) is 0. The second-order valence-corrected chi connectivity index (χ2v) is 8.58. The molecule has 2 saturated carbocycles. The Bertz CT molecular complexity index is 652. The zero-order valence-electron chi connectivity index (χ0n) is 18.0. The average Bonchev–Trinajstić information content (AvgIpc) is 2.54. The minimum atomic E-state index is -1.57. The highest BCUT2D eigenvalue weighted by molar-refractivity contribution is 5.69. The van der Waals surface area contributed by atoms with Crippen molar-refractivity contribution in [2.45, 2.75) is 90.0 Å². The molecule has 10 heteroatoms. The molecular weight excluding hydrogens is 400 g/mol. The van der Waals surface area contributed by atoms with Gasteiger partial charge in [0.15, 0.2) is 12.2 Å². The van der Waals surface area contributed by atoms with Gasteiger partial charge in [-0.05, 0) is 26.7 Å². The number of hydrogen-bond donors (Lipinski definition) is 2. The highest BCUT2D eigenvalue weighted by atomic mass is 16.6. The van der Waals surface area contributed by atoms with Gasteiger partial charge in [0.2, 0.25) is 0 Å². The van der Waals surface area contributed by atoms with Crippen LogP contribution in [-0.4, -0.2) is 69.7 Å². The number of aliphatic hydroxyl groups is 2. The van der Waals surface area contributed by atoms with Crippen molar-refractivity contribution in [2.24, 2.45) is 11.8 Å². The molecule has 2 rings (SSSR count). The van der Waals surface area contributed by atoms with Gasteiger partial charge in [-0.3, -0.25) is 19.2 Å². The highest BCUT2D eigenvalue weighted by Gasteiger charge is 2.63. The Morgan fingerprint density at radius 3 is 1.07 bits per heavy atom. The van der Waals surface area contributed by atoms with Crippen LogP contribution in [0.3, 0.4) is 0 Å². The maximum absolute atomic E-state index is 11.8. The van der Waals surface area contributed by atoms with Gasteiger partial charge in [0, 0.05) is 39.5 Å². The molecule has 2 N–H and O–H groups in total. The molecular formula is C20H30O10. The second-order valence-electron chi connectivity index (χ2n) is 8.58. The van der Waals surface area contributed by atoms with E-state index in [0.717, 1.165) is 13.8 Å². The second kappa shape index (κ2) is 8.50. The van der Waals surface area contributed by atoms with Crippen molar-refractivity contribution in [3.05, 3.63) is 0 Å². The zero-order chi connectivity index (χ0) is 23.0. The molecule has 0 aliphatic heterocycles. The van der Waals surface area contributed by atoms with Crippen molar-refractivity contribution in [2.75, 3.05) is 0 Å². The minimum absolute atomic E-state index is 0.0368. The van der Waals surface area contributed by atoms with E-state index in [4.69, 9.17) is 18.9 Å². The third kappa shape index (κ3) is 4.92. The molecule has 2 aliphatic carbocycles. The molecule has 10 nitrogen and oxygen atoms in total. The van der Waals surface area contributed by atoms with Crippen molar-refractivity contribution in [3.63, 3.8) is 0 Å². The lowest BCUT2D eigenvalue weighted by molar-refractivity contribution is -0.264. The average molecular weight is 430 g/mol. The molecule has 0 aromatic rings. The summed E-state index contributed by atoms with van der Waals surface area (Å²) >= 11 is 0. The van der Waals surface area contributed by atoms with Crippen molar-refractivity contribution in [1.82, 2.24) is 0 Å². The Morgan fingerprint density at radius 1 is 0.600 bits per heavy atom. The van der Waals surface area contributed by atoms with Gasteiger partial charge in [-0.2, -0.15) is 0 Å².